The molecule has 16 heavy (non-hydrogen) atoms. The van der Waals surface area contributed by atoms with Crippen LogP contribution in [0.25, 0.3) is 0 Å². The van der Waals surface area contributed by atoms with Gasteiger partial charge in [0.15, 0.2) is 0 Å². The number of hydrogen-bond donors (Lipinski definition) is 0. The Kier molecular flexibility index (Phi) is 4.03. The van der Waals surface area contributed by atoms with Crippen molar-refractivity contribution in [2.75, 3.05) is 6.26 Å². The smallest absolute Gasteiger partial charge is 0.269 e. The molecule has 0 bridgehead atoms. The zero-order valence-corrected chi connectivity index (χ0v) is 9.44. The van der Waals surface area contributed by atoms with Gasteiger partial charge in [-0.25, -0.2) is 0 Å². The van der Waals surface area contributed by atoms with Gasteiger partial charge in [0.2, 0.25) is 0 Å². The fourth-order valence-electron chi connectivity index (χ4n) is 0.973. The van der Waals surface area contributed by atoms with Crippen LogP contribution in [0.4, 0.5) is 0 Å². The summed E-state index contributed by atoms with van der Waals surface area (Å²) in [6.45, 7) is 0. The second kappa shape index (κ2) is 5.28. The molecule has 1 aromatic carbocycles. The van der Waals surface area contributed by atoms with Crippen molar-refractivity contribution in [1.29, 1.82) is 5.26 Å². The van der Waals surface area contributed by atoms with Gasteiger partial charge in [0.05, 0.1) is 25.0 Å². The van der Waals surface area contributed by atoms with Gasteiger partial charge in [0, 0.05) is 0 Å². The number of hydrogen-bond acceptors (Lipinski definition) is 5. The Labute approximate surface area is 94.1 Å². The SMILES string of the molecule is CS(=O)(=O)ON=Cc1ccc(CC#N)cc1. The molecule has 1 aromatic rings. The predicted octanol–water partition coefficient (Wildman–Crippen LogP) is 1.06. The molecule has 0 aromatic heterocycles. The van der Waals surface area contributed by atoms with E-state index >= 15 is 0 Å². The van der Waals surface area contributed by atoms with E-state index < -0.39 is 10.1 Å². The highest BCUT2D eigenvalue weighted by Gasteiger charge is 1.97. The van der Waals surface area contributed by atoms with Crippen LogP contribution >= 0.6 is 0 Å². The Hall–Kier alpha value is -1.87. The third-order valence-electron chi connectivity index (χ3n) is 1.64. The molecule has 0 atom stereocenters. The van der Waals surface area contributed by atoms with Crippen LogP contribution in [0.15, 0.2) is 29.4 Å². The van der Waals surface area contributed by atoms with Crippen LogP contribution in [-0.2, 0) is 20.8 Å². The first kappa shape index (κ1) is 12.2. The Morgan fingerprint density at radius 2 is 2.06 bits per heavy atom. The molecule has 84 valence electrons. The Bertz CT molecular complexity index is 512. The quantitative estimate of drug-likeness (QED) is 0.580. The molecule has 0 saturated heterocycles. The predicted molar refractivity (Wildman–Crippen MR) is 59.3 cm³/mol. The molecule has 0 aliphatic carbocycles. The third kappa shape index (κ3) is 4.57. The number of nitriles is 1. The number of oxime groups is 1. The first-order valence-corrected chi connectivity index (χ1v) is 6.21. The molecule has 0 unspecified atom stereocenters. The van der Waals surface area contributed by atoms with Gasteiger partial charge in [-0.2, -0.15) is 13.7 Å². The van der Waals surface area contributed by atoms with Gasteiger partial charge in [-0.1, -0.05) is 29.4 Å². The number of benzene rings is 1. The van der Waals surface area contributed by atoms with Gasteiger partial charge >= 0.3 is 10.1 Å². The molecule has 0 heterocycles. The molecule has 0 N–H and O–H groups in total. The molecule has 6 heteroatoms. The lowest BCUT2D eigenvalue weighted by molar-refractivity contribution is 0.345. The first-order valence-electron chi connectivity index (χ1n) is 4.39. The van der Waals surface area contributed by atoms with Crippen LogP contribution in [0.3, 0.4) is 0 Å². The van der Waals surface area contributed by atoms with Crippen LogP contribution < -0.4 is 0 Å². The topological polar surface area (TPSA) is 79.5 Å². The van der Waals surface area contributed by atoms with Crippen LogP contribution in [0.5, 0.6) is 0 Å². The molecule has 0 radical (unpaired) electrons. The van der Waals surface area contributed by atoms with Crippen LogP contribution in [0, 0.1) is 11.3 Å². The van der Waals surface area contributed by atoms with Crippen molar-refractivity contribution in [2.45, 2.75) is 6.42 Å². The van der Waals surface area contributed by atoms with Crippen molar-refractivity contribution in [2.24, 2.45) is 5.16 Å². The van der Waals surface area contributed by atoms with E-state index in [-0.39, 0.29) is 0 Å². The van der Waals surface area contributed by atoms with E-state index in [4.69, 9.17) is 5.26 Å². The van der Waals surface area contributed by atoms with Gasteiger partial charge in [-0.05, 0) is 11.1 Å². The van der Waals surface area contributed by atoms with Gasteiger partial charge < -0.3 is 0 Å². The van der Waals surface area contributed by atoms with Crippen LogP contribution in [0.2, 0.25) is 0 Å². The fourth-order valence-corrected chi connectivity index (χ4v) is 1.17. The lowest BCUT2D eigenvalue weighted by Crippen LogP contribution is -1.97. The summed E-state index contributed by atoms with van der Waals surface area (Å²) in [5, 5.41) is 11.8. The Morgan fingerprint density at radius 3 is 2.56 bits per heavy atom. The van der Waals surface area contributed by atoms with Crippen molar-refractivity contribution >= 4 is 16.3 Å². The van der Waals surface area contributed by atoms with Crippen molar-refractivity contribution < 1.29 is 12.7 Å². The molecule has 0 spiro atoms. The zero-order valence-electron chi connectivity index (χ0n) is 8.62. The maximum absolute atomic E-state index is 10.6. The van der Waals surface area contributed by atoms with E-state index in [9.17, 15) is 8.42 Å². The van der Waals surface area contributed by atoms with E-state index in [1.807, 2.05) is 6.07 Å². The molecule has 1 rings (SSSR count). The summed E-state index contributed by atoms with van der Waals surface area (Å²) in [5.74, 6) is 0. The molecule has 5 nitrogen and oxygen atoms in total. The Balaban J connectivity index is 2.66. The van der Waals surface area contributed by atoms with E-state index in [1.54, 1.807) is 24.3 Å². The Morgan fingerprint density at radius 1 is 1.44 bits per heavy atom. The monoisotopic (exact) mass is 238 g/mol. The molecule has 0 fully saturated rings. The standard InChI is InChI=1S/C10H10N2O3S/c1-16(13,14)15-12-8-10-4-2-9(3-5-10)6-7-11/h2-5,8H,6H2,1H3. The second-order valence-electron chi connectivity index (χ2n) is 3.09. The van der Waals surface area contributed by atoms with E-state index in [0.29, 0.717) is 12.0 Å². The maximum Gasteiger partial charge on any atom is 0.325 e. The average Bonchev–Trinajstić information content (AvgIpc) is 2.19. The minimum atomic E-state index is -3.55. The molecule has 0 saturated carbocycles. The van der Waals surface area contributed by atoms with Gasteiger partial charge in [-0.3, -0.25) is 4.28 Å². The summed E-state index contributed by atoms with van der Waals surface area (Å²) in [6.07, 6.45) is 2.55. The van der Waals surface area contributed by atoms with E-state index in [2.05, 4.69) is 9.44 Å². The highest BCUT2D eigenvalue weighted by Crippen LogP contribution is 2.03. The van der Waals surface area contributed by atoms with E-state index in [1.165, 1.54) is 6.21 Å². The van der Waals surface area contributed by atoms with E-state index in [0.717, 1.165) is 11.8 Å². The number of nitrogens with zero attached hydrogens (tertiary/aromatic N) is 2. The number of rotatable bonds is 4. The fraction of sp³-hybridized carbons (Fsp3) is 0.200. The van der Waals surface area contributed by atoms with Gasteiger partial charge in [-0.15, -0.1) is 0 Å². The zero-order chi connectivity index (χ0) is 12.0. The van der Waals surface area contributed by atoms with Crippen molar-refractivity contribution in [1.82, 2.24) is 0 Å². The molecule has 0 aliphatic rings. The largest absolute Gasteiger partial charge is 0.325 e. The summed E-state index contributed by atoms with van der Waals surface area (Å²) >= 11 is 0. The highest BCUT2D eigenvalue weighted by atomic mass is 32.2. The summed E-state index contributed by atoms with van der Waals surface area (Å²) in [7, 11) is -3.55. The highest BCUT2D eigenvalue weighted by molar-refractivity contribution is 7.85. The lowest BCUT2D eigenvalue weighted by atomic mass is 10.1. The molecule has 0 amide bonds. The minimum Gasteiger partial charge on any atom is -0.269 e. The lowest BCUT2D eigenvalue weighted by Gasteiger charge is -1.96. The van der Waals surface area contributed by atoms with Crippen LogP contribution in [0.1, 0.15) is 11.1 Å². The maximum atomic E-state index is 10.6. The molecular formula is C10H10N2O3S. The first-order chi connectivity index (χ1) is 7.51. The van der Waals surface area contributed by atoms with Gasteiger partial charge in [0.25, 0.3) is 0 Å². The minimum absolute atomic E-state index is 0.345. The van der Waals surface area contributed by atoms with Crippen LogP contribution in [-0.4, -0.2) is 20.9 Å². The summed E-state index contributed by atoms with van der Waals surface area (Å²) < 4.78 is 25.4. The average molecular weight is 238 g/mol. The molecule has 0 aliphatic heterocycles. The van der Waals surface area contributed by atoms with Crippen molar-refractivity contribution in [3.63, 3.8) is 0 Å². The summed E-state index contributed by atoms with van der Waals surface area (Å²) in [6, 6.07) is 9.01. The van der Waals surface area contributed by atoms with Gasteiger partial charge in [0.1, 0.15) is 0 Å². The normalized spacial score (nSPS) is 11.2. The van der Waals surface area contributed by atoms with Crippen molar-refractivity contribution in [3.05, 3.63) is 35.4 Å². The third-order valence-corrected chi connectivity index (χ3v) is 2.00. The van der Waals surface area contributed by atoms with Crippen molar-refractivity contribution in [3.8, 4) is 6.07 Å². The summed E-state index contributed by atoms with van der Waals surface area (Å²) in [5.41, 5.74) is 1.59. The molecular weight excluding hydrogens is 228 g/mol. The summed E-state index contributed by atoms with van der Waals surface area (Å²) in [4.78, 5) is 0. The second-order valence-corrected chi connectivity index (χ2v) is 4.65.